The van der Waals surface area contributed by atoms with Gasteiger partial charge in [-0.2, -0.15) is 0 Å². The monoisotopic (exact) mass is 292 g/mol. The lowest BCUT2D eigenvalue weighted by atomic mass is 9.58. The summed E-state index contributed by atoms with van der Waals surface area (Å²) in [5, 5.41) is 0. The lowest BCUT2D eigenvalue weighted by molar-refractivity contribution is 0.226. The first kappa shape index (κ1) is 15.3. The Kier molecular flexibility index (Phi) is 3.47. The predicted molar refractivity (Wildman–Crippen MR) is 95.7 cm³/mol. The maximum atomic E-state index is 2.41. The first-order chi connectivity index (χ1) is 10.3. The SMILES string of the molecule is Cc1ccc(C2(C(C)(C)C)CCc3ccccc32)c(C)c1C. The molecule has 0 amide bonds. The van der Waals surface area contributed by atoms with Crippen LogP contribution in [0.4, 0.5) is 0 Å². The molecule has 0 spiro atoms. The highest BCUT2D eigenvalue weighted by Gasteiger charge is 2.49. The highest BCUT2D eigenvalue weighted by atomic mass is 14.5. The zero-order chi connectivity index (χ0) is 16.1. The summed E-state index contributed by atoms with van der Waals surface area (Å²) < 4.78 is 0. The Hall–Kier alpha value is -1.56. The molecule has 0 saturated heterocycles. The zero-order valence-corrected chi connectivity index (χ0v) is 14.9. The second-order valence-corrected chi connectivity index (χ2v) is 7.99. The van der Waals surface area contributed by atoms with Gasteiger partial charge in [-0.05, 0) is 72.4 Å². The first-order valence-corrected chi connectivity index (χ1v) is 8.45. The Balaban J connectivity index is 2.34. The van der Waals surface area contributed by atoms with Crippen LogP contribution in [-0.4, -0.2) is 0 Å². The molecular weight excluding hydrogens is 264 g/mol. The fraction of sp³-hybridized carbons (Fsp3) is 0.455. The van der Waals surface area contributed by atoms with Gasteiger partial charge in [-0.15, -0.1) is 0 Å². The molecule has 0 radical (unpaired) electrons. The molecule has 2 aromatic rings. The molecular formula is C22H28. The highest BCUT2D eigenvalue weighted by Crippen LogP contribution is 2.55. The van der Waals surface area contributed by atoms with Gasteiger partial charge in [-0.3, -0.25) is 0 Å². The van der Waals surface area contributed by atoms with Gasteiger partial charge >= 0.3 is 0 Å². The van der Waals surface area contributed by atoms with Crippen LogP contribution in [0.1, 0.15) is 60.6 Å². The molecule has 0 nitrogen and oxygen atoms in total. The number of benzene rings is 2. The van der Waals surface area contributed by atoms with Gasteiger partial charge in [-0.1, -0.05) is 57.2 Å². The van der Waals surface area contributed by atoms with Crippen molar-refractivity contribution in [2.75, 3.05) is 0 Å². The second-order valence-electron chi connectivity index (χ2n) is 7.99. The fourth-order valence-electron chi connectivity index (χ4n) is 4.49. The molecule has 1 unspecified atom stereocenters. The molecule has 1 atom stereocenters. The van der Waals surface area contributed by atoms with E-state index in [-0.39, 0.29) is 10.8 Å². The lowest BCUT2D eigenvalue weighted by Gasteiger charge is -2.45. The molecule has 22 heavy (non-hydrogen) atoms. The van der Waals surface area contributed by atoms with E-state index in [1.54, 1.807) is 5.56 Å². The molecule has 0 heterocycles. The number of aryl methyl sites for hydroxylation is 2. The van der Waals surface area contributed by atoms with Crippen LogP contribution in [0.5, 0.6) is 0 Å². The quantitative estimate of drug-likeness (QED) is 0.614. The average Bonchev–Trinajstić information content (AvgIpc) is 2.85. The van der Waals surface area contributed by atoms with Crippen LogP contribution in [0.15, 0.2) is 36.4 Å². The van der Waals surface area contributed by atoms with Crippen molar-refractivity contribution in [1.29, 1.82) is 0 Å². The van der Waals surface area contributed by atoms with Crippen molar-refractivity contribution in [2.24, 2.45) is 5.41 Å². The molecule has 0 aromatic heterocycles. The van der Waals surface area contributed by atoms with Crippen LogP contribution in [0.25, 0.3) is 0 Å². The third kappa shape index (κ3) is 1.96. The Labute approximate surface area is 135 Å². The summed E-state index contributed by atoms with van der Waals surface area (Å²) in [5.74, 6) is 0. The normalized spacial score (nSPS) is 21.0. The molecule has 1 aliphatic carbocycles. The van der Waals surface area contributed by atoms with Crippen molar-refractivity contribution in [3.05, 3.63) is 69.8 Å². The van der Waals surface area contributed by atoms with E-state index >= 15 is 0 Å². The van der Waals surface area contributed by atoms with E-state index in [4.69, 9.17) is 0 Å². The van der Waals surface area contributed by atoms with Gasteiger partial charge in [0.05, 0.1) is 0 Å². The minimum absolute atomic E-state index is 0.131. The lowest BCUT2D eigenvalue weighted by Crippen LogP contribution is -2.40. The van der Waals surface area contributed by atoms with Crippen LogP contribution in [-0.2, 0) is 11.8 Å². The van der Waals surface area contributed by atoms with Crippen LogP contribution in [0.2, 0.25) is 0 Å². The van der Waals surface area contributed by atoms with Crippen LogP contribution >= 0.6 is 0 Å². The van der Waals surface area contributed by atoms with E-state index in [9.17, 15) is 0 Å². The third-order valence-corrected chi connectivity index (χ3v) is 6.04. The van der Waals surface area contributed by atoms with Crippen LogP contribution < -0.4 is 0 Å². The summed E-state index contributed by atoms with van der Waals surface area (Å²) in [6.45, 7) is 14.0. The molecule has 0 heteroatoms. The van der Waals surface area contributed by atoms with E-state index in [0.717, 1.165) is 0 Å². The van der Waals surface area contributed by atoms with Gasteiger partial charge in [0.1, 0.15) is 0 Å². The zero-order valence-electron chi connectivity index (χ0n) is 14.9. The van der Waals surface area contributed by atoms with Gasteiger partial charge < -0.3 is 0 Å². The number of fused-ring (bicyclic) bond motifs is 1. The Morgan fingerprint density at radius 1 is 0.818 bits per heavy atom. The molecule has 0 N–H and O–H groups in total. The maximum Gasteiger partial charge on any atom is 0.0259 e. The average molecular weight is 292 g/mol. The maximum absolute atomic E-state index is 2.41. The highest BCUT2D eigenvalue weighted by molar-refractivity contribution is 5.54. The Morgan fingerprint density at radius 2 is 1.50 bits per heavy atom. The van der Waals surface area contributed by atoms with Crippen molar-refractivity contribution in [3.63, 3.8) is 0 Å². The summed E-state index contributed by atoms with van der Waals surface area (Å²) in [7, 11) is 0. The van der Waals surface area contributed by atoms with Crippen molar-refractivity contribution < 1.29 is 0 Å². The van der Waals surface area contributed by atoms with E-state index in [2.05, 4.69) is 77.9 Å². The minimum Gasteiger partial charge on any atom is -0.0620 e. The summed E-state index contributed by atoms with van der Waals surface area (Å²) in [4.78, 5) is 0. The fourth-order valence-corrected chi connectivity index (χ4v) is 4.49. The topological polar surface area (TPSA) is 0 Å². The third-order valence-electron chi connectivity index (χ3n) is 6.04. The van der Waals surface area contributed by atoms with E-state index in [1.807, 2.05) is 0 Å². The Morgan fingerprint density at radius 3 is 2.18 bits per heavy atom. The van der Waals surface area contributed by atoms with Gasteiger partial charge in [0.25, 0.3) is 0 Å². The summed E-state index contributed by atoms with van der Waals surface area (Å²) in [5.41, 5.74) is 9.28. The Bertz CT molecular complexity index is 715. The van der Waals surface area contributed by atoms with Crippen molar-refractivity contribution in [1.82, 2.24) is 0 Å². The first-order valence-electron chi connectivity index (χ1n) is 8.45. The standard InChI is InChI=1S/C22H28/c1-15-11-12-19(17(3)16(15)2)22(21(4,5)6)14-13-18-9-7-8-10-20(18)22/h7-12H,13-14H2,1-6H3. The van der Waals surface area contributed by atoms with Gasteiger partial charge in [0, 0.05) is 5.41 Å². The molecule has 3 rings (SSSR count). The van der Waals surface area contributed by atoms with E-state index < -0.39 is 0 Å². The smallest absolute Gasteiger partial charge is 0.0259 e. The number of hydrogen-bond acceptors (Lipinski definition) is 0. The summed E-state index contributed by atoms with van der Waals surface area (Å²) in [6.07, 6.45) is 2.42. The molecule has 0 saturated carbocycles. The van der Waals surface area contributed by atoms with Crippen molar-refractivity contribution in [3.8, 4) is 0 Å². The molecule has 0 bridgehead atoms. The molecule has 0 fully saturated rings. The van der Waals surface area contributed by atoms with E-state index in [0.29, 0.717) is 0 Å². The largest absolute Gasteiger partial charge is 0.0620 e. The van der Waals surface area contributed by atoms with Crippen LogP contribution in [0.3, 0.4) is 0 Å². The van der Waals surface area contributed by atoms with E-state index in [1.165, 1.54) is 40.7 Å². The second kappa shape index (κ2) is 4.98. The van der Waals surface area contributed by atoms with Crippen molar-refractivity contribution >= 4 is 0 Å². The van der Waals surface area contributed by atoms with Gasteiger partial charge in [-0.25, -0.2) is 0 Å². The minimum atomic E-state index is 0.131. The van der Waals surface area contributed by atoms with Gasteiger partial charge in [0.15, 0.2) is 0 Å². The molecule has 2 aromatic carbocycles. The summed E-state index contributed by atoms with van der Waals surface area (Å²) in [6, 6.07) is 13.8. The molecule has 1 aliphatic rings. The number of rotatable bonds is 1. The molecule has 0 aliphatic heterocycles. The number of hydrogen-bond donors (Lipinski definition) is 0. The van der Waals surface area contributed by atoms with Crippen LogP contribution in [0, 0.1) is 26.2 Å². The summed E-state index contributed by atoms with van der Waals surface area (Å²) >= 11 is 0. The predicted octanol–water partition coefficient (Wildman–Crippen LogP) is 5.89. The van der Waals surface area contributed by atoms with Crippen molar-refractivity contribution in [2.45, 2.75) is 59.8 Å². The van der Waals surface area contributed by atoms with Gasteiger partial charge in [0.2, 0.25) is 0 Å². The molecule has 116 valence electrons.